The van der Waals surface area contributed by atoms with Crippen molar-refractivity contribution in [2.45, 2.75) is 19.4 Å². The number of nitrogens with zero attached hydrogens (tertiary/aromatic N) is 1. The lowest BCUT2D eigenvalue weighted by atomic mass is 10.2. The van der Waals surface area contributed by atoms with E-state index >= 15 is 0 Å². The molecule has 100 valence electrons. The third kappa shape index (κ3) is 2.51. The van der Waals surface area contributed by atoms with Crippen LogP contribution in [0, 0.1) is 0 Å². The molecule has 0 spiro atoms. The fourth-order valence-electron chi connectivity index (χ4n) is 2.39. The Morgan fingerprint density at radius 3 is 3.11 bits per heavy atom. The average molecular weight is 275 g/mol. The molecule has 0 radical (unpaired) electrons. The van der Waals surface area contributed by atoms with Crippen molar-refractivity contribution in [2.24, 2.45) is 0 Å². The van der Waals surface area contributed by atoms with E-state index in [0.29, 0.717) is 19.7 Å². The van der Waals surface area contributed by atoms with E-state index in [1.807, 2.05) is 23.1 Å². The predicted octanol–water partition coefficient (Wildman–Crippen LogP) is 3.15. The Labute approximate surface area is 116 Å². The molecule has 3 nitrogen and oxygen atoms in total. The zero-order valence-electron chi connectivity index (χ0n) is 11.0. The number of hydrogen-bond acceptors (Lipinski definition) is 3. The summed E-state index contributed by atoms with van der Waals surface area (Å²) in [6.07, 6.45) is 1.14. The minimum atomic E-state index is 0.142. The Balaban J connectivity index is 1.82. The van der Waals surface area contributed by atoms with Gasteiger partial charge in [-0.2, -0.15) is 0 Å². The van der Waals surface area contributed by atoms with E-state index in [1.165, 1.54) is 4.70 Å². The summed E-state index contributed by atoms with van der Waals surface area (Å²) < 4.78 is 6.78. The first-order valence-corrected chi connectivity index (χ1v) is 7.49. The topological polar surface area (TPSA) is 29.5 Å². The average Bonchev–Trinajstić information content (AvgIpc) is 2.90. The molecule has 0 bridgehead atoms. The molecule has 1 aromatic carbocycles. The standard InChI is InChI=1S/C15H17NO2S/c1-2-12-10-16(7-8-18-12)15(17)14-9-11-5-3-4-6-13(11)19-14/h3-6,9,12H,2,7-8,10H2,1H3. The summed E-state index contributed by atoms with van der Waals surface area (Å²) in [7, 11) is 0. The van der Waals surface area contributed by atoms with Crippen LogP contribution in [-0.2, 0) is 4.74 Å². The summed E-state index contributed by atoms with van der Waals surface area (Å²) in [6, 6.07) is 10.1. The number of hydrogen-bond donors (Lipinski definition) is 0. The van der Waals surface area contributed by atoms with Gasteiger partial charge in [-0.25, -0.2) is 0 Å². The Hall–Kier alpha value is -1.39. The number of carbonyl (C=O) groups excluding carboxylic acids is 1. The van der Waals surface area contributed by atoms with Crippen molar-refractivity contribution in [1.82, 2.24) is 4.90 Å². The van der Waals surface area contributed by atoms with Crippen LogP contribution in [0.1, 0.15) is 23.0 Å². The summed E-state index contributed by atoms with van der Waals surface area (Å²) in [5, 5.41) is 1.15. The molecule has 0 saturated carbocycles. The van der Waals surface area contributed by atoms with Gasteiger partial charge in [0.15, 0.2) is 0 Å². The Kier molecular flexibility index (Phi) is 3.53. The molecule has 1 unspecified atom stereocenters. The fourth-order valence-corrected chi connectivity index (χ4v) is 3.42. The Morgan fingerprint density at radius 1 is 1.47 bits per heavy atom. The van der Waals surface area contributed by atoms with Crippen LogP contribution < -0.4 is 0 Å². The van der Waals surface area contributed by atoms with Crippen LogP contribution in [0.3, 0.4) is 0 Å². The highest BCUT2D eigenvalue weighted by molar-refractivity contribution is 7.20. The summed E-state index contributed by atoms with van der Waals surface area (Å²) >= 11 is 1.58. The molecule has 1 aromatic heterocycles. The molecule has 3 rings (SSSR count). The van der Waals surface area contributed by atoms with Crippen molar-refractivity contribution in [2.75, 3.05) is 19.7 Å². The van der Waals surface area contributed by atoms with E-state index in [2.05, 4.69) is 19.1 Å². The number of benzene rings is 1. The zero-order valence-corrected chi connectivity index (χ0v) is 11.8. The highest BCUT2D eigenvalue weighted by Gasteiger charge is 2.24. The van der Waals surface area contributed by atoms with Crippen molar-refractivity contribution in [3.63, 3.8) is 0 Å². The van der Waals surface area contributed by atoms with Crippen molar-refractivity contribution >= 4 is 27.3 Å². The third-order valence-electron chi connectivity index (χ3n) is 3.52. The number of fused-ring (bicyclic) bond motifs is 1. The van der Waals surface area contributed by atoms with Crippen molar-refractivity contribution < 1.29 is 9.53 Å². The lowest BCUT2D eigenvalue weighted by Gasteiger charge is -2.32. The van der Waals surface area contributed by atoms with Gasteiger partial charge in [0, 0.05) is 17.8 Å². The summed E-state index contributed by atoms with van der Waals surface area (Å²) in [6.45, 7) is 4.15. The van der Waals surface area contributed by atoms with E-state index in [-0.39, 0.29) is 12.0 Å². The van der Waals surface area contributed by atoms with E-state index in [9.17, 15) is 4.79 Å². The fraction of sp³-hybridized carbons (Fsp3) is 0.400. The molecule has 1 atom stereocenters. The van der Waals surface area contributed by atoms with Gasteiger partial charge < -0.3 is 9.64 Å². The Bertz CT molecular complexity index is 560. The molecule has 1 amide bonds. The van der Waals surface area contributed by atoms with Crippen LogP contribution >= 0.6 is 11.3 Å². The number of carbonyl (C=O) groups is 1. The van der Waals surface area contributed by atoms with Crippen LogP contribution in [0.5, 0.6) is 0 Å². The lowest BCUT2D eigenvalue weighted by molar-refractivity contribution is -0.0224. The van der Waals surface area contributed by atoms with Crippen LogP contribution in [0.25, 0.3) is 10.1 Å². The first-order valence-electron chi connectivity index (χ1n) is 6.67. The molecule has 1 fully saturated rings. The molecule has 4 heteroatoms. The van der Waals surface area contributed by atoms with Crippen LogP contribution in [0.4, 0.5) is 0 Å². The highest BCUT2D eigenvalue weighted by Crippen LogP contribution is 2.26. The summed E-state index contributed by atoms with van der Waals surface area (Å²) in [5.41, 5.74) is 0. The molecule has 0 N–H and O–H groups in total. The molecule has 1 aliphatic rings. The van der Waals surface area contributed by atoms with Gasteiger partial charge in [0.2, 0.25) is 0 Å². The summed E-state index contributed by atoms with van der Waals surface area (Å²) in [5.74, 6) is 0.142. The van der Waals surface area contributed by atoms with Gasteiger partial charge in [0.05, 0.1) is 17.6 Å². The van der Waals surface area contributed by atoms with Gasteiger partial charge in [0.25, 0.3) is 5.91 Å². The quantitative estimate of drug-likeness (QED) is 0.842. The molecule has 19 heavy (non-hydrogen) atoms. The second-order valence-corrected chi connectivity index (χ2v) is 5.88. The summed E-state index contributed by atoms with van der Waals surface area (Å²) in [4.78, 5) is 15.3. The van der Waals surface area contributed by atoms with E-state index in [4.69, 9.17) is 4.74 Å². The minimum Gasteiger partial charge on any atom is -0.375 e. The Morgan fingerprint density at radius 2 is 2.32 bits per heavy atom. The first-order chi connectivity index (χ1) is 9.28. The van der Waals surface area contributed by atoms with Gasteiger partial charge >= 0.3 is 0 Å². The maximum Gasteiger partial charge on any atom is 0.264 e. The number of ether oxygens (including phenoxy) is 1. The number of morpholine rings is 1. The molecule has 0 aliphatic carbocycles. The highest BCUT2D eigenvalue weighted by atomic mass is 32.1. The largest absolute Gasteiger partial charge is 0.375 e. The third-order valence-corrected chi connectivity index (χ3v) is 4.62. The molecule has 2 aromatic rings. The van der Waals surface area contributed by atoms with Gasteiger partial charge in [-0.05, 0) is 23.9 Å². The van der Waals surface area contributed by atoms with Crippen molar-refractivity contribution in [1.29, 1.82) is 0 Å². The predicted molar refractivity (Wildman–Crippen MR) is 77.8 cm³/mol. The molecule has 2 heterocycles. The number of thiophene rings is 1. The molecule has 1 aliphatic heterocycles. The minimum absolute atomic E-state index is 0.142. The normalized spacial score (nSPS) is 19.8. The molecular formula is C15H17NO2S. The van der Waals surface area contributed by atoms with Crippen molar-refractivity contribution in [3.8, 4) is 0 Å². The zero-order chi connectivity index (χ0) is 13.2. The van der Waals surface area contributed by atoms with Gasteiger partial charge in [-0.1, -0.05) is 25.1 Å². The van der Waals surface area contributed by atoms with E-state index in [0.717, 1.165) is 16.7 Å². The van der Waals surface area contributed by atoms with Crippen LogP contribution in [0.15, 0.2) is 30.3 Å². The molecule has 1 saturated heterocycles. The maximum absolute atomic E-state index is 12.5. The number of rotatable bonds is 2. The second-order valence-electron chi connectivity index (χ2n) is 4.80. The molecular weight excluding hydrogens is 258 g/mol. The van der Waals surface area contributed by atoms with Gasteiger partial charge in [-0.3, -0.25) is 4.79 Å². The van der Waals surface area contributed by atoms with Crippen LogP contribution in [-0.4, -0.2) is 36.6 Å². The maximum atomic E-state index is 12.5. The van der Waals surface area contributed by atoms with Gasteiger partial charge in [-0.15, -0.1) is 11.3 Å². The SMILES string of the molecule is CCC1CN(C(=O)c2cc3ccccc3s2)CCO1. The monoisotopic (exact) mass is 275 g/mol. The lowest BCUT2D eigenvalue weighted by Crippen LogP contribution is -2.45. The van der Waals surface area contributed by atoms with Crippen LogP contribution in [0.2, 0.25) is 0 Å². The van der Waals surface area contributed by atoms with Crippen molar-refractivity contribution in [3.05, 3.63) is 35.2 Å². The first kappa shape index (κ1) is 12.6. The van der Waals surface area contributed by atoms with E-state index < -0.39 is 0 Å². The second kappa shape index (κ2) is 5.31. The smallest absolute Gasteiger partial charge is 0.264 e. The van der Waals surface area contributed by atoms with E-state index in [1.54, 1.807) is 11.3 Å². The van der Waals surface area contributed by atoms with Gasteiger partial charge in [0.1, 0.15) is 0 Å². The number of amides is 1.